The lowest BCUT2D eigenvalue weighted by Gasteiger charge is -2.31. The van der Waals surface area contributed by atoms with Crippen LogP contribution in [0.5, 0.6) is 0 Å². The Labute approximate surface area is 156 Å². The number of nitrogens with one attached hydrogen (secondary N) is 1. The summed E-state index contributed by atoms with van der Waals surface area (Å²) in [7, 11) is -3.59. The van der Waals surface area contributed by atoms with Crippen LogP contribution in [0.3, 0.4) is 0 Å². The zero-order valence-electron chi connectivity index (χ0n) is 15.8. The van der Waals surface area contributed by atoms with Crippen LogP contribution in [0.4, 0.5) is 0 Å². The molecule has 0 atom stereocenters. The molecular formula is C19H28N4O2S. The molecule has 1 saturated heterocycles. The van der Waals surface area contributed by atoms with Gasteiger partial charge in [0.25, 0.3) is 0 Å². The zero-order chi connectivity index (χ0) is 18.7. The van der Waals surface area contributed by atoms with Crippen molar-refractivity contribution in [2.75, 3.05) is 19.6 Å². The van der Waals surface area contributed by atoms with Crippen molar-refractivity contribution in [1.82, 2.24) is 19.4 Å². The lowest BCUT2D eigenvalue weighted by atomic mass is 10.1. The standard InChI is InChI=1S/C19H28N4O2S/c1-4-12-22-13-10-17(11-14-22)21-26(24,25)19-15(2)20-23(16(19)3)18-8-6-5-7-9-18/h5-9,17,21H,4,10-14H2,1-3H3. The van der Waals surface area contributed by atoms with Crippen LogP contribution >= 0.6 is 0 Å². The maximum atomic E-state index is 13.0. The molecule has 26 heavy (non-hydrogen) atoms. The molecular weight excluding hydrogens is 348 g/mol. The average Bonchev–Trinajstić information content (AvgIpc) is 2.92. The van der Waals surface area contributed by atoms with E-state index in [4.69, 9.17) is 0 Å². The minimum absolute atomic E-state index is 0.00742. The van der Waals surface area contributed by atoms with Crippen molar-refractivity contribution < 1.29 is 8.42 Å². The minimum Gasteiger partial charge on any atom is -0.303 e. The van der Waals surface area contributed by atoms with Crippen molar-refractivity contribution >= 4 is 10.0 Å². The first-order chi connectivity index (χ1) is 12.4. The summed E-state index contributed by atoms with van der Waals surface area (Å²) < 4.78 is 30.6. The van der Waals surface area contributed by atoms with E-state index in [1.165, 1.54) is 0 Å². The lowest BCUT2D eigenvalue weighted by Crippen LogP contribution is -2.44. The summed E-state index contributed by atoms with van der Waals surface area (Å²) in [5.74, 6) is 0. The highest BCUT2D eigenvalue weighted by atomic mass is 32.2. The Hall–Kier alpha value is -1.70. The number of nitrogens with zero attached hydrogens (tertiary/aromatic N) is 3. The van der Waals surface area contributed by atoms with Gasteiger partial charge in [0, 0.05) is 6.04 Å². The first-order valence-electron chi connectivity index (χ1n) is 9.28. The Balaban J connectivity index is 1.79. The summed E-state index contributed by atoms with van der Waals surface area (Å²) >= 11 is 0. The van der Waals surface area contributed by atoms with Crippen molar-refractivity contribution in [2.45, 2.75) is 51.0 Å². The van der Waals surface area contributed by atoms with Gasteiger partial charge >= 0.3 is 0 Å². The third-order valence-corrected chi connectivity index (χ3v) is 6.72. The summed E-state index contributed by atoms with van der Waals surface area (Å²) in [4.78, 5) is 2.70. The van der Waals surface area contributed by atoms with E-state index in [2.05, 4.69) is 21.6 Å². The van der Waals surface area contributed by atoms with E-state index in [9.17, 15) is 8.42 Å². The number of hydrogen-bond donors (Lipinski definition) is 1. The van der Waals surface area contributed by atoms with Gasteiger partial charge in [-0.2, -0.15) is 5.10 Å². The van der Waals surface area contributed by atoms with Gasteiger partial charge in [0.15, 0.2) is 0 Å². The van der Waals surface area contributed by atoms with Crippen molar-refractivity contribution in [3.8, 4) is 5.69 Å². The third-order valence-electron chi connectivity index (χ3n) is 4.94. The van der Waals surface area contributed by atoms with E-state index >= 15 is 0 Å². The van der Waals surface area contributed by atoms with Crippen LogP contribution in [0.25, 0.3) is 5.69 Å². The van der Waals surface area contributed by atoms with Crippen molar-refractivity contribution in [3.63, 3.8) is 0 Å². The highest BCUT2D eigenvalue weighted by Gasteiger charge is 2.29. The number of hydrogen-bond acceptors (Lipinski definition) is 4. The van der Waals surface area contributed by atoms with E-state index in [-0.39, 0.29) is 6.04 Å². The Morgan fingerprint density at radius 2 is 1.81 bits per heavy atom. The third kappa shape index (κ3) is 4.00. The molecule has 2 heterocycles. The van der Waals surface area contributed by atoms with Crippen LogP contribution in [0.1, 0.15) is 37.6 Å². The topological polar surface area (TPSA) is 67.2 Å². The fourth-order valence-electron chi connectivity index (χ4n) is 3.71. The Morgan fingerprint density at radius 1 is 1.15 bits per heavy atom. The van der Waals surface area contributed by atoms with Gasteiger partial charge in [0.1, 0.15) is 4.90 Å². The molecule has 0 spiro atoms. The summed E-state index contributed by atoms with van der Waals surface area (Å²) in [6.07, 6.45) is 2.84. The molecule has 1 fully saturated rings. The highest BCUT2D eigenvalue weighted by molar-refractivity contribution is 7.89. The van der Waals surface area contributed by atoms with Crippen molar-refractivity contribution in [1.29, 1.82) is 0 Å². The predicted molar refractivity (Wildman–Crippen MR) is 103 cm³/mol. The van der Waals surface area contributed by atoms with Gasteiger partial charge in [-0.05, 0) is 64.9 Å². The summed E-state index contributed by atoms with van der Waals surface area (Å²) in [6, 6.07) is 9.61. The van der Waals surface area contributed by atoms with E-state index in [1.54, 1.807) is 11.6 Å². The molecule has 3 rings (SSSR count). The van der Waals surface area contributed by atoms with Gasteiger partial charge in [-0.1, -0.05) is 25.1 Å². The molecule has 1 aromatic heterocycles. The molecule has 1 aromatic carbocycles. The summed E-state index contributed by atoms with van der Waals surface area (Å²) in [5.41, 5.74) is 2.04. The maximum absolute atomic E-state index is 13.0. The van der Waals surface area contributed by atoms with E-state index in [1.807, 2.05) is 37.3 Å². The molecule has 6 nitrogen and oxygen atoms in total. The number of likely N-dealkylation sites (tertiary alicyclic amines) is 1. The first kappa shape index (κ1) is 19.1. The smallest absolute Gasteiger partial charge is 0.244 e. The molecule has 1 aliphatic heterocycles. The van der Waals surface area contributed by atoms with Gasteiger partial charge in [0.2, 0.25) is 10.0 Å². The quantitative estimate of drug-likeness (QED) is 0.842. The molecule has 0 saturated carbocycles. The molecule has 142 valence electrons. The van der Waals surface area contributed by atoms with E-state index in [0.717, 1.165) is 44.6 Å². The maximum Gasteiger partial charge on any atom is 0.244 e. The number of sulfonamides is 1. The molecule has 2 aromatic rings. The van der Waals surface area contributed by atoms with E-state index in [0.29, 0.717) is 16.3 Å². The molecule has 0 radical (unpaired) electrons. The second kappa shape index (κ2) is 7.90. The molecule has 0 bridgehead atoms. The largest absolute Gasteiger partial charge is 0.303 e. The molecule has 0 amide bonds. The van der Waals surface area contributed by atoms with Crippen LogP contribution in [-0.2, 0) is 10.0 Å². The monoisotopic (exact) mass is 376 g/mol. The SMILES string of the molecule is CCCN1CCC(NS(=O)(=O)c2c(C)nn(-c3ccccc3)c2C)CC1. The van der Waals surface area contributed by atoms with Crippen molar-refractivity contribution in [3.05, 3.63) is 41.7 Å². The fourth-order valence-corrected chi connectivity index (χ4v) is 5.40. The first-order valence-corrected chi connectivity index (χ1v) is 10.8. The molecule has 0 aliphatic carbocycles. The highest BCUT2D eigenvalue weighted by Crippen LogP contribution is 2.23. The van der Waals surface area contributed by atoms with Crippen LogP contribution in [-0.4, -0.2) is 48.8 Å². The summed E-state index contributed by atoms with van der Waals surface area (Å²) in [5, 5.41) is 4.47. The van der Waals surface area contributed by atoms with Crippen LogP contribution in [0, 0.1) is 13.8 Å². The number of aromatic nitrogens is 2. The molecule has 0 unspecified atom stereocenters. The normalized spacial score (nSPS) is 16.9. The van der Waals surface area contributed by atoms with Gasteiger partial charge in [-0.25, -0.2) is 17.8 Å². The number of rotatable bonds is 6. The van der Waals surface area contributed by atoms with Gasteiger partial charge < -0.3 is 4.90 Å². The number of aryl methyl sites for hydroxylation is 1. The molecule has 7 heteroatoms. The Morgan fingerprint density at radius 3 is 2.42 bits per heavy atom. The van der Waals surface area contributed by atoms with Crippen LogP contribution in [0.2, 0.25) is 0 Å². The summed E-state index contributed by atoms with van der Waals surface area (Å²) in [6.45, 7) is 8.72. The lowest BCUT2D eigenvalue weighted by molar-refractivity contribution is 0.208. The van der Waals surface area contributed by atoms with E-state index < -0.39 is 10.0 Å². The minimum atomic E-state index is -3.59. The molecule has 1 aliphatic rings. The second-order valence-electron chi connectivity index (χ2n) is 6.98. The van der Waals surface area contributed by atoms with Crippen LogP contribution < -0.4 is 4.72 Å². The number of piperidine rings is 1. The fraction of sp³-hybridized carbons (Fsp3) is 0.526. The Kier molecular flexibility index (Phi) is 5.79. The number of benzene rings is 1. The second-order valence-corrected chi connectivity index (χ2v) is 8.64. The van der Waals surface area contributed by atoms with Gasteiger partial charge in [-0.15, -0.1) is 0 Å². The van der Waals surface area contributed by atoms with Gasteiger partial charge in [0.05, 0.1) is 17.1 Å². The average molecular weight is 377 g/mol. The molecule has 1 N–H and O–H groups in total. The van der Waals surface area contributed by atoms with Crippen LogP contribution in [0.15, 0.2) is 35.2 Å². The predicted octanol–water partition coefficient (Wildman–Crippen LogP) is 2.64. The van der Waals surface area contributed by atoms with Crippen molar-refractivity contribution in [2.24, 2.45) is 0 Å². The zero-order valence-corrected chi connectivity index (χ0v) is 16.6. The van der Waals surface area contributed by atoms with Gasteiger partial charge in [-0.3, -0.25) is 0 Å². The number of para-hydroxylation sites is 1. The Bertz CT molecular complexity index is 838.